The third kappa shape index (κ3) is 1.77. The molecule has 1 aromatic rings. The van der Waals surface area contributed by atoms with E-state index in [2.05, 4.69) is 11.1 Å². The van der Waals surface area contributed by atoms with Crippen LogP contribution >= 0.6 is 11.6 Å². The molecule has 76 valence electrons. The molecule has 1 fully saturated rings. The monoisotopic (exact) mass is 210 g/mol. The Kier molecular flexibility index (Phi) is 2.50. The van der Waals surface area contributed by atoms with Gasteiger partial charge in [-0.2, -0.15) is 0 Å². The first-order valence-corrected chi connectivity index (χ1v) is 5.39. The summed E-state index contributed by atoms with van der Waals surface area (Å²) in [5, 5.41) is 0.600. The molecule has 2 nitrogen and oxygen atoms in total. The van der Waals surface area contributed by atoms with E-state index in [-0.39, 0.29) is 0 Å². The Morgan fingerprint density at radius 1 is 1.50 bits per heavy atom. The lowest BCUT2D eigenvalue weighted by Gasteiger charge is -2.15. The minimum Gasteiger partial charge on any atom is -0.330 e. The molecule has 1 aromatic heterocycles. The van der Waals surface area contributed by atoms with E-state index in [0.29, 0.717) is 10.6 Å². The zero-order valence-electron chi connectivity index (χ0n) is 8.39. The topological polar surface area (TPSA) is 38.9 Å². The van der Waals surface area contributed by atoms with Crippen molar-refractivity contribution in [3.63, 3.8) is 0 Å². The summed E-state index contributed by atoms with van der Waals surface area (Å²) in [6.45, 7) is 2.73. The van der Waals surface area contributed by atoms with Gasteiger partial charge in [-0.3, -0.25) is 0 Å². The maximum Gasteiger partial charge on any atom is 0.129 e. The van der Waals surface area contributed by atoms with Crippen LogP contribution in [0.2, 0.25) is 5.15 Å². The first kappa shape index (κ1) is 9.94. The lowest BCUT2D eigenvalue weighted by Crippen LogP contribution is -2.13. The fourth-order valence-electron chi connectivity index (χ4n) is 2.04. The van der Waals surface area contributed by atoms with Crippen LogP contribution in [-0.2, 0) is 5.41 Å². The van der Waals surface area contributed by atoms with Crippen LogP contribution in [0.15, 0.2) is 12.1 Å². The lowest BCUT2D eigenvalue weighted by atomic mass is 9.93. The van der Waals surface area contributed by atoms with Gasteiger partial charge in [0.15, 0.2) is 0 Å². The largest absolute Gasteiger partial charge is 0.330 e. The number of pyridine rings is 1. The number of hydrogen-bond acceptors (Lipinski definition) is 2. The zero-order valence-corrected chi connectivity index (χ0v) is 9.14. The smallest absolute Gasteiger partial charge is 0.129 e. The van der Waals surface area contributed by atoms with Crippen molar-refractivity contribution in [1.82, 2.24) is 4.98 Å². The summed E-state index contributed by atoms with van der Waals surface area (Å²) in [7, 11) is 0. The first-order chi connectivity index (χ1) is 6.66. The van der Waals surface area contributed by atoms with Crippen molar-refractivity contribution in [3.05, 3.63) is 28.5 Å². The van der Waals surface area contributed by atoms with Crippen LogP contribution in [-0.4, -0.2) is 11.5 Å². The average molecular weight is 211 g/mol. The Labute approximate surface area is 89.5 Å². The molecule has 14 heavy (non-hydrogen) atoms. The summed E-state index contributed by atoms with van der Waals surface area (Å²) in [6, 6.07) is 4.12. The molecule has 0 aliphatic heterocycles. The van der Waals surface area contributed by atoms with Crippen LogP contribution in [0.1, 0.15) is 30.5 Å². The predicted octanol–water partition coefficient (Wildman–Crippen LogP) is 2.42. The highest BCUT2D eigenvalue weighted by molar-refractivity contribution is 6.29. The van der Waals surface area contributed by atoms with Gasteiger partial charge in [0.2, 0.25) is 0 Å². The summed E-state index contributed by atoms with van der Waals surface area (Å²) in [6.07, 6.45) is 3.54. The molecule has 2 rings (SSSR count). The van der Waals surface area contributed by atoms with E-state index in [4.69, 9.17) is 17.3 Å². The fourth-order valence-corrected chi connectivity index (χ4v) is 2.30. The molecule has 0 spiro atoms. The molecule has 2 N–H and O–H groups in total. The summed E-state index contributed by atoms with van der Waals surface area (Å²) in [5.41, 5.74) is 8.26. The molecule has 0 saturated heterocycles. The van der Waals surface area contributed by atoms with E-state index in [1.165, 1.54) is 18.4 Å². The van der Waals surface area contributed by atoms with Gasteiger partial charge in [-0.05, 0) is 55.8 Å². The van der Waals surface area contributed by atoms with Gasteiger partial charge in [-0.15, -0.1) is 0 Å². The molecule has 0 aromatic carbocycles. The van der Waals surface area contributed by atoms with E-state index in [0.717, 1.165) is 18.7 Å². The van der Waals surface area contributed by atoms with Gasteiger partial charge in [0.25, 0.3) is 0 Å². The normalized spacial score (nSPS) is 18.2. The fraction of sp³-hybridized carbons (Fsp3) is 0.545. The maximum atomic E-state index is 5.94. The van der Waals surface area contributed by atoms with Crippen LogP contribution < -0.4 is 5.73 Å². The van der Waals surface area contributed by atoms with Crippen molar-refractivity contribution < 1.29 is 0 Å². The van der Waals surface area contributed by atoms with Crippen molar-refractivity contribution in [2.24, 2.45) is 5.73 Å². The van der Waals surface area contributed by atoms with Crippen LogP contribution in [0.3, 0.4) is 0 Å². The van der Waals surface area contributed by atoms with Crippen molar-refractivity contribution >= 4 is 11.6 Å². The van der Waals surface area contributed by atoms with Crippen molar-refractivity contribution in [2.75, 3.05) is 6.54 Å². The molecule has 0 amide bonds. The summed E-state index contributed by atoms with van der Waals surface area (Å²) in [4.78, 5) is 4.17. The van der Waals surface area contributed by atoms with E-state index in [1.807, 2.05) is 13.0 Å². The van der Waals surface area contributed by atoms with Crippen LogP contribution in [0.5, 0.6) is 0 Å². The number of hydrogen-bond donors (Lipinski definition) is 1. The third-order valence-electron chi connectivity index (χ3n) is 3.01. The second kappa shape index (κ2) is 3.52. The van der Waals surface area contributed by atoms with Gasteiger partial charge in [-0.25, -0.2) is 4.98 Å². The van der Waals surface area contributed by atoms with E-state index in [9.17, 15) is 0 Å². The maximum absolute atomic E-state index is 5.94. The highest BCUT2D eigenvalue weighted by atomic mass is 35.5. The van der Waals surface area contributed by atoms with E-state index in [1.54, 1.807) is 0 Å². The molecular formula is C11H15ClN2. The molecule has 3 heteroatoms. The Bertz CT molecular complexity index is 325. The molecule has 0 unspecified atom stereocenters. The van der Waals surface area contributed by atoms with Crippen molar-refractivity contribution in [3.8, 4) is 0 Å². The van der Waals surface area contributed by atoms with Gasteiger partial charge in [-0.1, -0.05) is 11.6 Å². The number of nitrogens with two attached hydrogens (primary N) is 1. The number of halogens is 1. The first-order valence-electron chi connectivity index (χ1n) is 5.01. The lowest BCUT2D eigenvalue weighted by molar-refractivity contribution is 0.627. The number of nitrogens with zero attached hydrogens (tertiary/aromatic N) is 1. The standard InChI is InChI=1S/C11H15ClN2/c1-8-6-9(7-10(12)14-8)11(2-3-11)4-5-13/h6-7H,2-5,13H2,1H3. The van der Waals surface area contributed by atoms with Crippen LogP contribution in [0.4, 0.5) is 0 Å². The molecule has 0 bridgehead atoms. The van der Waals surface area contributed by atoms with Gasteiger partial charge in [0.05, 0.1) is 0 Å². The van der Waals surface area contributed by atoms with Crippen molar-refractivity contribution in [2.45, 2.75) is 31.6 Å². The Hall–Kier alpha value is -0.600. The minimum absolute atomic E-state index is 0.325. The Balaban J connectivity index is 2.32. The highest BCUT2D eigenvalue weighted by Crippen LogP contribution is 2.51. The number of aromatic nitrogens is 1. The van der Waals surface area contributed by atoms with Crippen LogP contribution in [0.25, 0.3) is 0 Å². The molecular weight excluding hydrogens is 196 g/mol. The van der Waals surface area contributed by atoms with Crippen molar-refractivity contribution in [1.29, 1.82) is 0 Å². The van der Waals surface area contributed by atoms with Gasteiger partial charge < -0.3 is 5.73 Å². The SMILES string of the molecule is Cc1cc(C2(CCN)CC2)cc(Cl)n1. The van der Waals surface area contributed by atoms with E-state index >= 15 is 0 Å². The number of rotatable bonds is 3. The molecule has 1 heterocycles. The minimum atomic E-state index is 0.325. The summed E-state index contributed by atoms with van der Waals surface area (Å²) >= 11 is 5.94. The quantitative estimate of drug-likeness (QED) is 0.779. The second-order valence-corrected chi connectivity index (χ2v) is 4.53. The Morgan fingerprint density at radius 3 is 2.71 bits per heavy atom. The number of aryl methyl sites for hydroxylation is 1. The molecule has 1 saturated carbocycles. The molecule has 0 radical (unpaired) electrons. The highest BCUT2D eigenvalue weighted by Gasteiger charge is 2.43. The predicted molar refractivity (Wildman–Crippen MR) is 58.6 cm³/mol. The third-order valence-corrected chi connectivity index (χ3v) is 3.20. The van der Waals surface area contributed by atoms with Gasteiger partial charge in [0.1, 0.15) is 5.15 Å². The van der Waals surface area contributed by atoms with Gasteiger partial charge >= 0.3 is 0 Å². The second-order valence-electron chi connectivity index (χ2n) is 4.14. The average Bonchev–Trinajstić information content (AvgIpc) is 2.84. The van der Waals surface area contributed by atoms with Crippen LogP contribution in [0, 0.1) is 6.92 Å². The molecule has 0 atom stereocenters. The zero-order chi connectivity index (χ0) is 10.2. The van der Waals surface area contributed by atoms with Gasteiger partial charge in [0, 0.05) is 5.69 Å². The summed E-state index contributed by atoms with van der Waals surface area (Å²) < 4.78 is 0. The van der Waals surface area contributed by atoms with E-state index < -0.39 is 0 Å². The molecule has 1 aliphatic rings. The summed E-state index contributed by atoms with van der Waals surface area (Å²) in [5.74, 6) is 0. The molecule has 1 aliphatic carbocycles. The Morgan fingerprint density at radius 2 is 2.21 bits per heavy atom.